The minimum Gasteiger partial charge on any atom is -0.310 e. The molecule has 1 aliphatic rings. The Morgan fingerprint density at radius 3 is 2.38 bits per heavy atom. The molecular weight excluding hydrogens is 278 g/mol. The van der Waals surface area contributed by atoms with E-state index in [9.17, 15) is 0 Å². The third-order valence-corrected chi connectivity index (χ3v) is 5.33. The van der Waals surface area contributed by atoms with Crippen LogP contribution < -0.4 is 5.32 Å². The molecule has 1 aromatic rings. The van der Waals surface area contributed by atoms with E-state index in [-0.39, 0.29) is 0 Å². The van der Waals surface area contributed by atoms with E-state index < -0.39 is 0 Å². The number of benzene rings is 1. The fourth-order valence-corrected chi connectivity index (χ4v) is 3.99. The van der Waals surface area contributed by atoms with Crippen molar-refractivity contribution >= 4 is 11.6 Å². The van der Waals surface area contributed by atoms with Gasteiger partial charge in [0.1, 0.15) is 0 Å². The van der Waals surface area contributed by atoms with E-state index in [0.29, 0.717) is 11.5 Å². The molecule has 2 rings (SSSR count). The van der Waals surface area contributed by atoms with Crippen molar-refractivity contribution in [3.63, 3.8) is 0 Å². The average molecular weight is 308 g/mol. The second-order valence-corrected chi connectivity index (χ2v) is 8.00. The molecule has 1 unspecified atom stereocenters. The quantitative estimate of drug-likeness (QED) is 0.736. The zero-order valence-corrected chi connectivity index (χ0v) is 14.7. The number of hydrogen-bond donors (Lipinski definition) is 1. The number of halogens is 1. The molecule has 0 bridgehead atoms. The first-order valence-electron chi connectivity index (χ1n) is 8.40. The molecule has 1 atom stereocenters. The lowest BCUT2D eigenvalue weighted by Gasteiger charge is -2.40. The standard InChI is InChI=1S/C19H30ClN/c1-5-21-18(15-7-6-8-17(20)13-15)14-9-11-16(12-10-14)19(2,3)4/h6-8,13-14,16,18,21H,5,9-12H2,1-4H3. The van der Waals surface area contributed by atoms with Gasteiger partial charge in [-0.2, -0.15) is 0 Å². The van der Waals surface area contributed by atoms with Crippen LogP contribution in [-0.2, 0) is 0 Å². The van der Waals surface area contributed by atoms with Crippen LogP contribution in [0.4, 0.5) is 0 Å². The van der Waals surface area contributed by atoms with E-state index in [1.54, 1.807) is 0 Å². The minimum absolute atomic E-state index is 0.453. The van der Waals surface area contributed by atoms with E-state index >= 15 is 0 Å². The normalized spacial score (nSPS) is 24.8. The van der Waals surface area contributed by atoms with Crippen LogP contribution in [0, 0.1) is 17.3 Å². The largest absolute Gasteiger partial charge is 0.310 e. The second-order valence-electron chi connectivity index (χ2n) is 7.57. The average Bonchev–Trinajstić information content (AvgIpc) is 2.44. The van der Waals surface area contributed by atoms with E-state index in [2.05, 4.69) is 51.2 Å². The monoisotopic (exact) mass is 307 g/mol. The molecule has 1 nitrogen and oxygen atoms in total. The maximum atomic E-state index is 6.18. The molecule has 1 aliphatic carbocycles. The van der Waals surface area contributed by atoms with Crippen molar-refractivity contribution in [1.29, 1.82) is 0 Å². The molecule has 0 saturated heterocycles. The molecule has 1 aromatic carbocycles. The molecule has 2 heteroatoms. The summed E-state index contributed by atoms with van der Waals surface area (Å²) in [6.07, 6.45) is 5.37. The van der Waals surface area contributed by atoms with Crippen LogP contribution in [0.2, 0.25) is 5.02 Å². The Morgan fingerprint density at radius 1 is 1.19 bits per heavy atom. The van der Waals surface area contributed by atoms with Gasteiger partial charge < -0.3 is 5.32 Å². The Morgan fingerprint density at radius 2 is 1.86 bits per heavy atom. The first kappa shape index (κ1) is 16.8. The summed E-state index contributed by atoms with van der Waals surface area (Å²) in [7, 11) is 0. The minimum atomic E-state index is 0.453. The van der Waals surface area contributed by atoms with Crippen LogP contribution in [-0.4, -0.2) is 6.54 Å². The molecular formula is C19H30ClN. The fourth-order valence-electron chi connectivity index (χ4n) is 3.80. The first-order chi connectivity index (χ1) is 9.91. The highest BCUT2D eigenvalue weighted by Crippen LogP contribution is 2.43. The Bertz CT molecular complexity index is 441. The van der Waals surface area contributed by atoms with Gasteiger partial charge in [0.2, 0.25) is 0 Å². The molecule has 118 valence electrons. The molecule has 21 heavy (non-hydrogen) atoms. The summed E-state index contributed by atoms with van der Waals surface area (Å²) in [4.78, 5) is 0. The van der Waals surface area contributed by atoms with Crippen LogP contribution in [0.5, 0.6) is 0 Å². The topological polar surface area (TPSA) is 12.0 Å². The van der Waals surface area contributed by atoms with Crippen molar-refractivity contribution in [2.45, 2.75) is 59.4 Å². The van der Waals surface area contributed by atoms with Crippen molar-refractivity contribution in [1.82, 2.24) is 5.32 Å². The molecule has 0 aliphatic heterocycles. The second kappa shape index (κ2) is 7.15. The number of rotatable bonds is 4. The first-order valence-corrected chi connectivity index (χ1v) is 8.78. The Hall–Kier alpha value is -0.530. The fraction of sp³-hybridized carbons (Fsp3) is 0.684. The van der Waals surface area contributed by atoms with Crippen molar-refractivity contribution in [2.75, 3.05) is 6.54 Å². The zero-order chi connectivity index (χ0) is 15.5. The highest BCUT2D eigenvalue weighted by Gasteiger charge is 2.33. The van der Waals surface area contributed by atoms with Gasteiger partial charge in [0.15, 0.2) is 0 Å². The van der Waals surface area contributed by atoms with Gasteiger partial charge in [-0.1, -0.05) is 51.4 Å². The van der Waals surface area contributed by atoms with E-state index in [0.717, 1.165) is 23.4 Å². The summed E-state index contributed by atoms with van der Waals surface area (Å²) < 4.78 is 0. The molecule has 0 heterocycles. The maximum Gasteiger partial charge on any atom is 0.0409 e. The lowest BCUT2D eigenvalue weighted by molar-refractivity contribution is 0.133. The van der Waals surface area contributed by atoms with Gasteiger partial charge in [-0.25, -0.2) is 0 Å². The van der Waals surface area contributed by atoms with Crippen LogP contribution >= 0.6 is 11.6 Å². The van der Waals surface area contributed by atoms with Crippen LogP contribution in [0.25, 0.3) is 0 Å². The molecule has 0 spiro atoms. The smallest absolute Gasteiger partial charge is 0.0409 e. The van der Waals surface area contributed by atoms with Crippen molar-refractivity contribution in [3.8, 4) is 0 Å². The molecule has 1 saturated carbocycles. The predicted molar refractivity (Wildman–Crippen MR) is 92.8 cm³/mol. The third kappa shape index (κ3) is 4.47. The van der Waals surface area contributed by atoms with Crippen LogP contribution in [0.15, 0.2) is 24.3 Å². The number of hydrogen-bond acceptors (Lipinski definition) is 1. The summed E-state index contributed by atoms with van der Waals surface area (Å²) in [5, 5.41) is 4.54. The summed E-state index contributed by atoms with van der Waals surface area (Å²) in [5.41, 5.74) is 1.80. The van der Waals surface area contributed by atoms with Crippen molar-refractivity contribution < 1.29 is 0 Å². The molecule has 1 N–H and O–H groups in total. The summed E-state index contributed by atoms with van der Waals surface area (Å²) >= 11 is 6.18. The van der Waals surface area contributed by atoms with E-state index in [1.165, 1.54) is 31.2 Å². The van der Waals surface area contributed by atoms with Crippen molar-refractivity contribution in [2.24, 2.45) is 17.3 Å². The van der Waals surface area contributed by atoms with Gasteiger partial charge in [-0.05, 0) is 67.2 Å². The van der Waals surface area contributed by atoms with E-state index in [4.69, 9.17) is 11.6 Å². The molecule has 0 amide bonds. The maximum absolute atomic E-state index is 6.18. The van der Waals surface area contributed by atoms with Gasteiger partial charge >= 0.3 is 0 Å². The highest BCUT2D eigenvalue weighted by molar-refractivity contribution is 6.30. The Kier molecular flexibility index (Phi) is 5.73. The van der Waals surface area contributed by atoms with Crippen molar-refractivity contribution in [3.05, 3.63) is 34.9 Å². The predicted octanol–water partition coefficient (Wildman–Crippen LogP) is 5.84. The lowest BCUT2D eigenvalue weighted by atomic mass is 9.68. The molecule has 0 aromatic heterocycles. The van der Waals surface area contributed by atoms with Gasteiger partial charge in [0.05, 0.1) is 0 Å². The molecule has 0 radical (unpaired) electrons. The highest BCUT2D eigenvalue weighted by atomic mass is 35.5. The molecule has 1 fully saturated rings. The van der Waals surface area contributed by atoms with Gasteiger partial charge in [-0.3, -0.25) is 0 Å². The summed E-state index contributed by atoms with van der Waals surface area (Å²) in [6.45, 7) is 10.4. The van der Waals surface area contributed by atoms with Gasteiger partial charge in [0.25, 0.3) is 0 Å². The lowest BCUT2D eigenvalue weighted by Crippen LogP contribution is -2.33. The Labute approximate surface area is 135 Å². The van der Waals surface area contributed by atoms with Gasteiger partial charge in [0, 0.05) is 11.1 Å². The third-order valence-electron chi connectivity index (χ3n) is 5.10. The van der Waals surface area contributed by atoms with E-state index in [1.807, 2.05) is 6.07 Å². The van der Waals surface area contributed by atoms with Gasteiger partial charge in [-0.15, -0.1) is 0 Å². The summed E-state index contributed by atoms with van der Waals surface area (Å²) in [6, 6.07) is 8.84. The van der Waals surface area contributed by atoms with Crippen LogP contribution in [0.1, 0.15) is 65.0 Å². The zero-order valence-electron chi connectivity index (χ0n) is 14.0. The SMILES string of the molecule is CCNC(c1cccc(Cl)c1)C1CCC(C(C)(C)C)CC1. The number of nitrogens with one attached hydrogen (secondary N) is 1. The summed E-state index contributed by atoms with van der Waals surface area (Å²) in [5.74, 6) is 1.61. The Balaban J connectivity index is 2.07. The van der Waals surface area contributed by atoms with Crippen LogP contribution in [0.3, 0.4) is 0 Å².